The van der Waals surface area contributed by atoms with Crippen LogP contribution >= 0.6 is 15.9 Å². The van der Waals surface area contributed by atoms with E-state index in [1.165, 1.54) is 4.68 Å². The number of amides is 1. The summed E-state index contributed by atoms with van der Waals surface area (Å²) in [5, 5.41) is 7.42. The van der Waals surface area contributed by atoms with Gasteiger partial charge in [0.05, 0.1) is 6.54 Å². The summed E-state index contributed by atoms with van der Waals surface area (Å²) in [5.41, 5.74) is 11.8. The predicted molar refractivity (Wildman–Crippen MR) is 66.2 cm³/mol. The van der Waals surface area contributed by atoms with Gasteiger partial charge in [-0.1, -0.05) is 33.3 Å². The number of nitrogen functional groups attached to an aromatic ring is 1. The molecule has 7 heteroatoms. The average Bonchev–Trinajstić information content (AvgIpc) is 2.61. The number of aromatic nitrogens is 3. The first-order valence-corrected chi connectivity index (χ1v) is 5.60. The van der Waals surface area contributed by atoms with Crippen molar-refractivity contribution >= 4 is 27.7 Å². The van der Waals surface area contributed by atoms with E-state index in [0.29, 0.717) is 6.54 Å². The fourth-order valence-corrected chi connectivity index (χ4v) is 1.87. The lowest BCUT2D eigenvalue weighted by atomic mass is 10.2. The summed E-state index contributed by atoms with van der Waals surface area (Å²) < 4.78 is 2.39. The van der Waals surface area contributed by atoms with Crippen molar-refractivity contribution in [3.8, 4) is 0 Å². The number of carbonyl (C=O) groups excluding carboxylic acids is 1. The highest BCUT2D eigenvalue weighted by Gasteiger charge is 2.14. The highest BCUT2D eigenvalue weighted by molar-refractivity contribution is 9.10. The van der Waals surface area contributed by atoms with Crippen molar-refractivity contribution in [3.63, 3.8) is 0 Å². The molecule has 0 aliphatic rings. The molecule has 6 nitrogen and oxygen atoms in total. The molecule has 0 fully saturated rings. The van der Waals surface area contributed by atoms with Gasteiger partial charge < -0.3 is 11.5 Å². The van der Waals surface area contributed by atoms with Crippen molar-refractivity contribution in [1.29, 1.82) is 0 Å². The molecule has 0 radical (unpaired) electrons. The third kappa shape index (κ3) is 2.44. The van der Waals surface area contributed by atoms with Crippen molar-refractivity contribution in [2.45, 2.75) is 6.54 Å². The fraction of sp³-hybridized carbons (Fsp3) is 0.100. The lowest BCUT2D eigenvalue weighted by Crippen LogP contribution is -2.14. The number of hydrogen-bond donors (Lipinski definition) is 2. The zero-order chi connectivity index (χ0) is 12.4. The summed E-state index contributed by atoms with van der Waals surface area (Å²) in [6.07, 6.45) is 0. The Morgan fingerprint density at radius 1 is 1.47 bits per heavy atom. The van der Waals surface area contributed by atoms with E-state index in [1.807, 2.05) is 24.3 Å². The van der Waals surface area contributed by atoms with Gasteiger partial charge in [-0.25, -0.2) is 4.68 Å². The maximum atomic E-state index is 11.0. The minimum absolute atomic E-state index is 0.00000295. The minimum Gasteiger partial charge on any atom is -0.382 e. The SMILES string of the molecule is NC(=O)c1nnn(Cc2cccc(Br)c2)c1N. The number of anilines is 1. The summed E-state index contributed by atoms with van der Waals surface area (Å²) in [6.45, 7) is 0.436. The Morgan fingerprint density at radius 3 is 2.82 bits per heavy atom. The van der Waals surface area contributed by atoms with Gasteiger partial charge in [-0.3, -0.25) is 4.79 Å². The Bertz CT molecular complexity index is 566. The quantitative estimate of drug-likeness (QED) is 0.873. The van der Waals surface area contributed by atoms with Crippen LogP contribution in [0.1, 0.15) is 16.1 Å². The smallest absolute Gasteiger partial charge is 0.273 e. The Labute approximate surface area is 106 Å². The first kappa shape index (κ1) is 11.6. The van der Waals surface area contributed by atoms with Crippen LogP contribution in [-0.2, 0) is 6.54 Å². The Morgan fingerprint density at radius 2 is 2.24 bits per heavy atom. The molecule has 88 valence electrons. The van der Waals surface area contributed by atoms with E-state index in [4.69, 9.17) is 11.5 Å². The fourth-order valence-electron chi connectivity index (χ4n) is 1.42. The molecule has 0 aliphatic heterocycles. The summed E-state index contributed by atoms with van der Waals surface area (Å²) in [5.74, 6) is -0.500. The first-order chi connectivity index (χ1) is 8.08. The van der Waals surface area contributed by atoms with Crippen LogP contribution in [0.3, 0.4) is 0 Å². The summed E-state index contributed by atoms with van der Waals surface area (Å²) in [4.78, 5) is 11.0. The molecule has 17 heavy (non-hydrogen) atoms. The van der Waals surface area contributed by atoms with Crippen LogP contribution in [0, 0.1) is 0 Å². The van der Waals surface area contributed by atoms with Gasteiger partial charge in [0, 0.05) is 4.47 Å². The second-order valence-corrected chi connectivity index (χ2v) is 4.39. The largest absolute Gasteiger partial charge is 0.382 e. The molecule has 4 N–H and O–H groups in total. The van der Waals surface area contributed by atoms with Crippen molar-refractivity contribution in [1.82, 2.24) is 15.0 Å². The number of benzene rings is 1. The molecule has 1 aromatic carbocycles. The zero-order valence-corrected chi connectivity index (χ0v) is 10.4. The van der Waals surface area contributed by atoms with Crippen LogP contribution in [0.15, 0.2) is 28.7 Å². The second kappa shape index (κ2) is 4.54. The van der Waals surface area contributed by atoms with Gasteiger partial charge >= 0.3 is 0 Å². The van der Waals surface area contributed by atoms with Crippen LogP contribution < -0.4 is 11.5 Å². The molecule has 0 saturated heterocycles. The number of halogens is 1. The Hall–Kier alpha value is -1.89. The molecular weight excluding hydrogens is 286 g/mol. The van der Waals surface area contributed by atoms with E-state index in [1.54, 1.807) is 0 Å². The maximum Gasteiger partial charge on any atom is 0.273 e. The highest BCUT2D eigenvalue weighted by atomic mass is 79.9. The van der Waals surface area contributed by atoms with Crippen LogP contribution in [0.25, 0.3) is 0 Å². The van der Waals surface area contributed by atoms with Gasteiger partial charge in [0.1, 0.15) is 0 Å². The molecule has 1 aromatic heterocycles. The van der Waals surface area contributed by atoms with Crippen LogP contribution in [0.4, 0.5) is 5.82 Å². The number of rotatable bonds is 3. The van der Waals surface area contributed by atoms with E-state index in [2.05, 4.69) is 26.2 Å². The topological polar surface area (TPSA) is 99.8 Å². The van der Waals surface area contributed by atoms with Gasteiger partial charge in [-0.2, -0.15) is 0 Å². The molecule has 1 amide bonds. The zero-order valence-electron chi connectivity index (χ0n) is 8.80. The van der Waals surface area contributed by atoms with E-state index in [0.717, 1.165) is 10.0 Å². The molecule has 0 spiro atoms. The van der Waals surface area contributed by atoms with E-state index in [-0.39, 0.29) is 11.5 Å². The van der Waals surface area contributed by atoms with Crippen LogP contribution in [0.5, 0.6) is 0 Å². The molecule has 2 aromatic rings. The molecule has 0 aliphatic carbocycles. The van der Waals surface area contributed by atoms with Gasteiger partial charge in [-0.15, -0.1) is 5.10 Å². The molecule has 0 saturated carbocycles. The van der Waals surface area contributed by atoms with E-state index in [9.17, 15) is 4.79 Å². The third-order valence-electron chi connectivity index (χ3n) is 2.23. The Kier molecular flexibility index (Phi) is 3.10. The standard InChI is InChI=1S/C10H10BrN5O/c11-7-3-1-2-6(4-7)5-16-9(12)8(10(13)17)14-15-16/h1-4H,5,12H2,(H2,13,17). The molecule has 0 unspecified atom stereocenters. The lowest BCUT2D eigenvalue weighted by molar-refractivity contribution is 0.0996. The number of nitrogens with two attached hydrogens (primary N) is 2. The molecule has 2 rings (SSSR count). The maximum absolute atomic E-state index is 11.0. The van der Waals surface area contributed by atoms with Crippen molar-refractivity contribution in [2.75, 3.05) is 5.73 Å². The summed E-state index contributed by atoms with van der Waals surface area (Å²) >= 11 is 3.37. The van der Waals surface area contributed by atoms with Crippen LogP contribution in [-0.4, -0.2) is 20.9 Å². The number of primary amides is 1. The molecule has 0 atom stereocenters. The van der Waals surface area contributed by atoms with Crippen molar-refractivity contribution in [2.24, 2.45) is 5.73 Å². The number of hydrogen-bond acceptors (Lipinski definition) is 4. The predicted octanol–water partition coefficient (Wildman–Crippen LogP) is 0.770. The molecule has 1 heterocycles. The first-order valence-electron chi connectivity index (χ1n) is 4.81. The second-order valence-electron chi connectivity index (χ2n) is 3.48. The monoisotopic (exact) mass is 295 g/mol. The van der Waals surface area contributed by atoms with Gasteiger partial charge in [-0.05, 0) is 17.7 Å². The molecular formula is C10H10BrN5O. The Balaban J connectivity index is 2.28. The van der Waals surface area contributed by atoms with Gasteiger partial charge in [0.15, 0.2) is 11.5 Å². The number of nitrogens with zero attached hydrogens (tertiary/aromatic N) is 3. The number of carbonyl (C=O) groups is 1. The average molecular weight is 296 g/mol. The normalized spacial score (nSPS) is 10.4. The highest BCUT2D eigenvalue weighted by Crippen LogP contribution is 2.14. The summed E-state index contributed by atoms with van der Waals surface area (Å²) in [7, 11) is 0. The van der Waals surface area contributed by atoms with Gasteiger partial charge in [0.2, 0.25) is 0 Å². The van der Waals surface area contributed by atoms with Crippen molar-refractivity contribution in [3.05, 3.63) is 40.0 Å². The van der Waals surface area contributed by atoms with E-state index < -0.39 is 5.91 Å². The molecule has 0 bridgehead atoms. The van der Waals surface area contributed by atoms with Gasteiger partial charge in [0.25, 0.3) is 5.91 Å². The van der Waals surface area contributed by atoms with E-state index >= 15 is 0 Å². The third-order valence-corrected chi connectivity index (χ3v) is 2.72. The minimum atomic E-state index is -0.678. The van der Waals surface area contributed by atoms with Crippen molar-refractivity contribution < 1.29 is 4.79 Å². The van der Waals surface area contributed by atoms with Crippen LogP contribution in [0.2, 0.25) is 0 Å². The summed E-state index contributed by atoms with van der Waals surface area (Å²) in [6, 6.07) is 7.69. The lowest BCUT2D eigenvalue weighted by Gasteiger charge is -2.03.